The highest BCUT2D eigenvalue weighted by atomic mass is 14.7. The van der Waals surface area contributed by atoms with Crippen LogP contribution in [0.2, 0.25) is 0 Å². The van der Waals surface area contributed by atoms with Crippen molar-refractivity contribution in [3.05, 3.63) is 11.6 Å². The Labute approximate surface area is 125 Å². The van der Waals surface area contributed by atoms with Crippen molar-refractivity contribution in [1.82, 2.24) is 0 Å². The van der Waals surface area contributed by atoms with Gasteiger partial charge in [0.2, 0.25) is 0 Å². The molecule has 0 aromatic heterocycles. The highest BCUT2D eigenvalue weighted by Gasteiger charge is 2.61. The molecule has 0 aromatic rings. The van der Waals surface area contributed by atoms with Crippen LogP contribution in [0, 0.1) is 34.0 Å². The van der Waals surface area contributed by atoms with Crippen molar-refractivity contribution in [2.45, 2.75) is 79.1 Å². The zero-order valence-electron chi connectivity index (χ0n) is 14.0. The Balaban J connectivity index is 1.77. The molecule has 0 saturated heterocycles. The number of hydrogen-bond acceptors (Lipinski definition) is 0. The smallest absolute Gasteiger partial charge is 0.00815 e. The molecule has 2 bridgehead atoms. The van der Waals surface area contributed by atoms with E-state index >= 15 is 0 Å². The topological polar surface area (TPSA) is 0 Å². The van der Waals surface area contributed by atoms with E-state index in [0.29, 0.717) is 16.2 Å². The fourth-order valence-electron chi connectivity index (χ4n) is 7.43. The third-order valence-electron chi connectivity index (χ3n) is 8.30. The van der Waals surface area contributed by atoms with Crippen molar-refractivity contribution in [3.63, 3.8) is 0 Å². The fraction of sp³-hybridized carbons (Fsp3) is 0.900. The maximum Gasteiger partial charge on any atom is -0.00815 e. The molecule has 0 aromatic carbocycles. The second-order valence-corrected chi connectivity index (χ2v) is 9.58. The summed E-state index contributed by atoms with van der Waals surface area (Å²) >= 11 is 0. The largest absolute Gasteiger partial charge is 0.0788 e. The first-order chi connectivity index (χ1) is 9.37. The van der Waals surface area contributed by atoms with Crippen molar-refractivity contribution in [3.8, 4) is 0 Å². The van der Waals surface area contributed by atoms with Crippen LogP contribution in [0.3, 0.4) is 0 Å². The van der Waals surface area contributed by atoms with E-state index < -0.39 is 0 Å². The predicted molar refractivity (Wildman–Crippen MR) is 85.5 cm³/mol. The van der Waals surface area contributed by atoms with Crippen LogP contribution < -0.4 is 0 Å². The lowest BCUT2D eigenvalue weighted by Gasteiger charge is -2.66. The Morgan fingerprint density at radius 2 is 1.70 bits per heavy atom. The van der Waals surface area contributed by atoms with Gasteiger partial charge in [-0.15, -0.1) is 0 Å². The summed E-state index contributed by atoms with van der Waals surface area (Å²) in [5, 5.41) is 0. The van der Waals surface area contributed by atoms with Gasteiger partial charge in [-0.2, -0.15) is 0 Å². The van der Waals surface area contributed by atoms with E-state index in [1.165, 1.54) is 51.4 Å². The molecule has 0 nitrogen and oxygen atoms in total. The van der Waals surface area contributed by atoms with Crippen molar-refractivity contribution in [1.29, 1.82) is 0 Å². The molecule has 112 valence electrons. The summed E-state index contributed by atoms with van der Waals surface area (Å²) in [7, 11) is 0. The van der Waals surface area contributed by atoms with Crippen LogP contribution in [0.5, 0.6) is 0 Å². The number of fused-ring (bicyclic) bond motifs is 2. The molecule has 5 aliphatic carbocycles. The maximum atomic E-state index is 2.76. The molecule has 0 N–H and O–H groups in total. The van der Waals surface area contributed by atoms with E-state index in [9.17, 15) is 0 Å². The lowest BCUT2D eigenvalue weighted by molar-refractivity contribution is -0.144. The summed E-state index contributed by atoms with van der Waals surface area (Å²) in [4.78, 5) is 0. The van der Waals surface area contributed by atoms with E-state index in [-0.39, 0.29) is 0 Å². The predicted octanol–water partition coefficient (Wildman–Crippen LogP) is 5.98. The van der Waals surface area contributed by atoms with Gasteiger partial charge in [0, 0.05) is 0 Å². The van der Waals surface area contributed by atoms with Crippen molar-refractivity contribution < 1.29 is 0 Å². The van der Waals surface area contributed by atoms with E-state index in [0.717, 1.165) is 17.8 Å². The number of allylic oxidation sites excluding steroid dienone is 2. The average Bonchev–Trinajstić information content (AvgIpc) is 2.37. The van der Waals surface area contributed by atoms with Crippen molar-refractivity contribution >= 4 is 0 Å². The van der Waals surface area contributed by atoms with Crippen LogP contribution in [-0.2, 0) is 0 Å². The van der Waals surface area contributed by atoms with Gasteiger partial charge in [0.25, 0.3) is 0 Å². The molecule has 5 atom stereocenters. The Hall–Kier alpha value is -0.260. The standard InChI is InChI=1S/C20H32/c1-14-13-20-10-6-15(14)12-17(20)19(4)9-5-8-18(2,3)16(19)7-11-20/h13,15-17H,5-12H2,1-4H3/t15-,16+,17-,19+,20+/m1/s1. The van der Waals surface area contributed by atoms with E-state index in [4.69, 9.17) is 0 Å². The third kappa shape index (κ3) is 1.54. The van der Waals surface area contributed by atoms with Crippen LogP contribution in [0.25, 0.3) is 0 Å². The molecule has 3 fully saturated rings. The molecule has 3 saturated carbocycles. The molecule has 0 aliphatic heterocycles. The van der Waals surface area contributed by atoms with E-state index in [2.05, 4.69) is 33.8 Å². The van der Waals surface area contributed by atoms with Crippen LogP contribution in [0.15, 0.2) is 11.6 Å². The highest BCUT2D eigenvalue weighted by molar-refractivity contribution is 5.25. The summed E-state index contributed by atoms with van der Waals surface area (Å²) in [6.07, 6.45) is 14.7. The van der Waals surface area contributed by atoms with Crippen LogP contribution >= 0.6 is 0 Å². The third-order valence-corrected chi connectivity index (χ3v) is 8.30. The Morgan fingerprint density at radius 3 is 2.45 bits per heavy atom. The number of hydrogen-bond donors (Lipinski definition) is 0. The quantitative estimate of drug-likeness (QED) is 0.476. The zero-order chi connectivity index (χ0) is 14.2. The SMILES string of the molecule is CC1=C[C@@]23CC[C@@H]1C[C@@H]2[C@@]1(C)CCCC(C)(C)[C@@H]1CC3. The second kappa shape index (κ2) is 3.93. The van der Waals surface area contributed by atoms with Gasteiger partial charge in [-0.25, -0.2) is 0 Å². The molecule has 0 heterocycles. The van der Waals surface area contributed by atoms with Gasteiger partial charge >= 0.3 is 0 Å². The van der Waals surface area contributed by atoms with Gasteiger partial charge in [0.1, 0.15) is 0 Å². The summed E-state index contributed by atoms with van der Waals surface area (Å²) in [6, 6.07) is 0. The normalized spacial score (nSPS) is 53.0. The molecule has 1 spiro atoms. The highest BCUT2D eigenvalue weighted by Crippen LogP contribution is 2.70. The molecule has 0 amide bonds. The summed E-state index contributed by atoms with van der Waals surface area (Å²) in [5.74, 6) is 2.91. The summed E-state index contributed by atoms with van der Waals surface area (Å²) < 4.78 is 0. The number of rotatable bonds is 0. The Morgan fingerprint density at radius 1 is 0.950 bits per heavy atom. The fourth-order valence-corrected chi connectivity index (χ4v) is 7.43. The van der Waals surface area contributed by atoms with Crippen molar-refractivity contribution in [2.75, 3.05) is 0 Å². The first kappa shape index (κ1) is 13.4. The second-order valence-electron chi connectivity index (χ2n) is 9.58. The molecular formula is C20H32. The summed E-state index contributed by atoms with van der Waals surface area (Å²) in [5.41, 5.74) is 3.57. The monoisotopic (exact) mass is 272 g/mol. The summed E-state index contributed by atoms with van der Waals surface area (Å²) in [6.45, 7) is 10.2. The van der Waals surface area contributed by atoms with Gasteiger partial charge in [0.05, 0.1) is 0 Å². The molecule has 20 heavy (non-hydrogen) atoms. The minimum absolute atomic E-state index is 0.587. The van der Waals surface area contributed by atoms with Crippen molar-refractivity contribution in [2.24, 2.45) is 34.0 Å². The first-order valence-electron chi connectivity index (χ1n) is 9.07. The molecule has 5 rings (SSSR count). The molecule has 0 radical (unpaired) electrons. The first-order valence-corrected chi connectivity index (χ1v) is 9.07. The van der Waals surface area contributed by atoms with Gasteiger partial charge < -0.3 is 0 Å². The molecule has 0 unspecified atom stereocenters. The van der Waals surface area contributed by atoms with Crippen LogP contribution in [0.4, 0.5) is 0 Å². The van der Waals surface area contributed by atoms with Crippen LogP contribution in [-0.4, -0.2) is 0 Å². The van der Waals surface area contributed by atoms with Gasteiger partial charge in [0.15, 0.2) is 0 Å². The van der Waals surface area contributed by atoms with Gasteiger partial charge in [-0.05, 0) is 85.9 Å². The zero-order valence-corrected chi connectivity index (χ0v) is 14.0. The van der Waals surface area contributed by atoms with Gasteiger partial charge in [-0.1, -0.05) is 38.8 Å². The van der Waals surface area contributed by atoms with Crippen LogP contribution in [0.1, 0.15) is 79.1 Å². The molecular weight excluding hydrogens is 240 g/mol. The van der Waals surface area contributed by atoms with E-state index in [1.54, 1.807) is 5.57 Å². The maximum absolute atomic E-state index is 2.76. The average molecular weight is 272 g/mol. The molecule has 5 aliphatic rings. The minimum atomic E-state index is 0.587. The van der Waals surface area contributed by atoms with Gasteiger partial charge in [-0.3, -0.25) is 0 Å². The lowest BCUT2D eigenvalue weighted by Crippen LogP contribution is -2.58. The molecule has 0 heteroatoms. The Bertz CT molecular complexity index is 457. The minimum Gasteiger partial charge on any atom is -0.0788 e. The van der Waals surface area contributed by atoms with E-state index in [1.807, 2.05) is 0 Å². The Kier molecular flexibility index (Phi) is 2.63. The lowest BCUT2D eigenvalue weighted by atomic mass is 9.38.